The molecule has 0 fully saturated rings. The summed E-state index contributed by atoms with van der Waals surface area (Å²) in [6, 6.07) is 0. The molecule has 1 unspecified atom stereocenters. The van der Waals surface area contributed by atoms with Crippen LogP contribution in [0.2, 0.25) is 0 Å². The number of aryl methyl sites for hydroxylation is 1. The average molecular weight is 238 g/mol. The van der Waals surface area contributed by atoms with Crippen LogP contribution >= 0.6 is 0 Å². The highest BCUT2D eigenvalue weighted by molar-refractivity contribution is 5.75. The van der Waals surface area contributed by atoms with Crippen molar-refractivity contribution in [3.8, 4) is 0 Å². The molecule has 96 valence electrons. The highest BCUT2D eigenvalue weighted by Gasteiger charge is 2.04. The van der Waals surface area contributed by atoms with E-state index in [-0.39, 0.29) is 5.91 Å². The summed E-state index contributed by atoms with van der Waals surface area (Å²) in [5.41, 5.74) is 5.49. The molecule has 4 N–H and O–H groups in total. The molecule has 1 rings (SSSR count). The summed E-state index contributed by atoms with van der Waals surface area (Å²) in [5, 5.41) is 2.90. The SMILES string of the molecule is CC(CN)CCC(=O)NCCCc1ncc[nH]1. The first kappa shape index (κ1) is 13.7. The number of carbonyl (C=O) groups is 1. The molecule has 1 amide bonds. The van der Waals surface area contributed by atoms with Crippen molar-refractivity contribution in [1.82, 2.24) is 15.3 Å². The quantitative estimate of drug-likeness (QED) is 0.587. The first-order valence-corrected chi connectivity index (χ1v) is 6.17. The minimum Gasteiger partial charge on any atom is -0.356 e. The summed E-state index contributed by atoms with van der Waals surface area (Å²) < 4.78 is 0. The fraction of sp³-hybridized carbons (Fsp3) is 0.667. The lowest BCUT2D eigenvalue weighted by molar-refractivity contribution is -0.121. The van der Waals surface area contributed by atoms with Gasteiger partial charge in [0.2, 0.25) is 5.91 Å². The summed E-state index contributed by atoms with van der Waals surface area (Å²) in [6.45, 7) is 3.41. The third kappa shape index (κ3) is 6.06. The molecular formula is C12H22N4O. The Labute approximate surface area is 102 Å². The molecule has 0 aliphatic rings. The van der Waals surface area contributed by atoms with Gasteiger partial charge < -0.3 is 16.0 Å². The van der Waals surface area contributed by atoms with Crippen LogP contribution in [-0.4, -0.2) is 29.0 Å². The van der Waals surface area contributed by atoms with E-state index in [1.54, 1.807) is 6.20 Å². The van der Waals surface area contributed by atoms with Gasteiger partial charge in [0.25, 0.3) is 0 Å². The van der Waals surface area contributed by atoms with Crippen LogP contribution in [0.25, 0.3) is 0 Å². The molecule has 1 aromatic heterocycles. The molecule has 5 nitrogen and oxygen atoms in total. The highest BCUT2D eigenvalue weighted by Crippen LogP contribution is 2.02. The van der Waals surface area contributed by atoms with Crippen molar-refractivity contribution >= 4 is 5.91 Å². The Morgan fingerprint density at radius 3 is 3.12 bits per heavy atom. The van der Waals surface area contributed by atoms with Gasteiger partial charge in [0.05, 0.1) is 0 Å². The number of H-pyrrole nitrogens is 1. The van der Waals surface area contributed by atoms with Crippen LogP contribution in [-0.2, 0) is 11.2 Å². The Kier molecular flexibility index (Phi) is 6.32. The molecule has 5 heteroatoms. The van der Waals surface area contributed by atoms with Crippen molar-refractivity contribution in [3.05, 3.63) is 18.2 Å². The molecule has 0 saturated heterocycles. The summed E-state index contributed by atoms with van der Waals surface area (Å²) in [4.78, 5) is 18.6. The molecule has 0 aliphatic heterocycles. The number of rotatable bonds is 8. The zero-order valence-electron chi connectivity index (χ0n) is 10.4. The van der Waals surface area contributed by atoms with Crippen molar-refractivity contribution < 1.29 is 4.79 Å². The summed E-state index contributed by atoms with van der Waals surface area (Å²) in [5.74, 6) is 1.50. The molecule has 0 spiro atoms. The molecule has 0 bridgehead atoms. The van der Waals surface area contributed by atoms with Crippen molar-refractivity contribution in [2.75, 3.05) is 13.1 Å². The van der Waals surface area contributed by atoms with Gasteiger partial charge in [0.1, 0.15) is 5.82 Å². The lowest BCUT2D eigenvalue weighted by Crippen LogP contribution is -2.25. The first-order valence-electron chi connectivity index (χ1n) is 6.17. The van der Waals surface area contributed by atoms with Gasteiger partial charge in [-0.25, -0.2) is 4.98 Å². The zero-order chi connectivity index (χ0) is 12.5. The number of aromatic nitrogens is 2. The van der Waals surface area contributed by atoms with E-state index >= 15 is 0 Å². The third-order valence-electron chi connectivity index (χ3n) is 2.73. The topological polar surface area (TPSA) is 83.8 Å². The van der Waals surface area contributed by atoms with E-state index in [0.717, 1.165) is 25.1 Å². The fourth-order valence-electron chi connectivity index (χ4n) is 1.50. The smallest absolute Gasteiger partial charge is 0.220 e. The second-order valence-electron chi connectivity index (χ2n) is 4.37. The minimum absolute atomic E-state index is 0.116. The van der Waals surface area contributed by atoms with Crippen molar-refractivity contribution in [1.29, 1.82) is 0 Å². The Bertz CT molecular complexity index is 310. The van der Waals surface area contributed by atoms with Crippen LogP contribution in [0, 0.1) is 5.92 Å². The maximum atomic E-state index is 11.4. The van der Waals surface area contributed by atoms with Gasteiger partial charge in [0.15, 0.2) is 0 Å². The molecule has 0 aromatic carbocycles. The Hall–Kier alpha value is -1.36. The minimum atomic E-state index is 0.116. The molecule has 0 radical (unpaired) electrons. The molecule has 17 heavy (non-hydrogen) atoms. The number of aromatic amines is 1. The third-order valence-corrected chi connectivity index (χ3v) is 2.73. The van der Waals surface area contributed by atoms with Crippen LogP contribution in [0.4, 0.5) is 0 Å². The van der Waals surface area contributed by atoms with Gasteiger partial charge in [0, 0.05) is 31.8 Å². The number of carbonyl (C=O) groups excluding carboxylic acids is 1. The summed E-state index contributed by atoms with van der Waals surface area (Å²) >= 11 is 0. The maximum Gasteiger partial charge on any atom is 0.220 e. The second kappa shape index (κ2) is 7.84. The number of nitrogens with two attached hydrogens (primary N) is 1. The predicted molar refractivity (Wildman–Crippen MR) is 67.4 cm³/mol. The lowest BCUT2D eigenvalue weighted by atomic mass is 10.1. The Morgan fingerprint density at radius 2 is 2.47 bits per heavy atom. The Morgan fingerprint density at radius 1 is 1.65 bits per heavy atom. The van der Waals surface area contributed by atoms with E-state index in [0.29, 0.717) is 25.4 Å². The van der Waals surface area contributed by atoms with Crippen LogP contribution < -0.4 is 11.1 Å². The molecule has 0 saturated carbocycles. The van der Waals surface area contributed by atoms with E-state index in [4.69, 9.17) is 5.73 Å². The molecule has 1 heterocycles. The van der Waals surface area contributed by atoms with Crippen LogP contribution in [0.3, 0.4) is 0 Å². The number of nitrogens with one attached hydrogen (secondary N) is 2. The summed E-state index contributed by atoms with van der Waals surface area (Å²) in [6.07, 6.45) is 6.75. The molecular weight excluding hydrogens is 216 g/mol. The van der Waals surface area contributed by atoms with E-state index in [1.807, 2.05) is 6.20 Å². The van der Waals surface area contributed by atoms with Gasteiger partial charge in [-0.3, -0.25) is 4.79 Å². The normalized spacial score (nSPS) is 12.4. The average Bonchev–Trinajstić information content (AvgIpc) is 2.84. The highest BCUT2D eigenvalue weighted by atomic mass is 16.1. The van der Waals surface area contributed by atoms with Crippen LogP contribution in [0.15, 0.2) is 12.4 Å². The van der Waals surface area contributed by atoms with E-state index in [2.05, 4.69) is 22.2 Å². The van der Waals surface area contributed by atoms with Crippen LogP contribution in [0.1, 0.15) is 32.0 Å². The van der Waals surface area contributed by atoms with Gasteiger partial charge >= 0.3 is 0 Å². The molecule has 0 aliphatic carbocycles. The van der Waals surface area contributed by atoms with Crippen molar-refractivity contribution in [2.45, 2.75) is 32.6 Å². The zero-order valence-corrected chi connectivity index (χ0v) is 10.4. The number of imidazole rings is 1. The van der Waals surface area contributed by atoms with Crippen LogP contribution in [0.5, 0.6) is 0 Å². The first-order chi connectivity index (χ1) is 8.22. The largest absolute Gasteiger partial charge is 0.356 e. The standard InChI is InChI=1S/C12H22N4O/c1-10(9-13)4-5-12(17)16-6-2-3-11-14-7-8-15-11/h7-8,10H,2-6,9,13H2,1H3,(H,14,15)(H,16,17). The van der Waals surface area contributed by atoms with Gasteiger partial charge in [-0.15, -0.1) is 0 Å². The van der Waals surface area contributed by atoms with E-state index in [1.165, 1.54) is 0 Å². The predicted octanol–water partition coefficient (Wildman–Crippen LogP) is 0.833. The van der Waals surface area contributed by atoms with E-state index in [9.17, 15) is 4.79 Å². The maximum absolute atomic E-state index is 11.4. The number of amides is 1. The molecule has 1 atom stereocenters. The second-order valence-corrected chi connectivity index (χ2v) is 4.37. The Balaban J connectivity index is 2.00. The van der Waals surface area contributed by atoms with Gasteiger partial charge in [-0.05, 0) is 25.3 Å². The number of hydrogen-bond donors (Lipinski definition) is 3. The fourth-order valence-corrected chi connectivity index (χ4v) is 1.50. The van der Waals surface area contributed by atoms with Crippen molar-refractivity contribution in [3.63, 3.8) is 0 Å². The monoisotopic (exact) mass is 238 g/mol. The summed E-state index contributed by atoms with van der Waals surface area (Å²) in [7, 11) is 0. The molecule has 1 aromatic rings. The number of hydrogen-bond acceptors (Lipinski definition) is 3. The van der Waals surface area contributed by atoms with E-state index < -0.39 is 0 Å². The lowest BCUT2D eigenvalue weighted by Gasteiger charge is -2.08. The van der Waals surface area contributed by atoms with Crippen molar-refractivity contribution in [2.24, 2.45) is 11.7 Å². The van der Waals surface area contributed by atoms with Gasteiger partial charge in [-0.2, -0.15) is 0 Å². The van der Waals surface area contributed by atoms with Gasteiger partial charge in [-0.1, -0.05) is 6.92 Å². The number of nitrogens with zero attached hydrogens (tertiary/aromatic N) is 1.